The number of halogens is 1. The van der Waals surface area contributed by atoms with Gasteiger partial charge >= 0.3 is 0 Å². The first-order valence-electron chi connectivity index (χ1n) is 9.01. The molecule has 0 aromatic heterocycles. The molecule has 5 nitrogen and oxygen atoms in total. The summed E-state index contributed by atoms with van der Waals surface area (Å²) in [6.07, 6.45) is 0.978. The number of rotatable bonds is 9. The summed E-state index contributed by atoms with van der Waals surface area (Å²) in [7, 11) is 0. The quantitative estimate of drug-likeness (QED) is 0.710. The van der Waals surface area contributed by atoms with Crippen LogP contribution in [0.2, 0.25) is 5.02 Å². The standard InChI is InChI=1S/C21H25ClN2O3/c1-3-27-20-10-8-19(9-11-20)24(16(2)25)15-13-21(26)23-14-12-17-4-6-18(22)7-5-17/h4-11H,3,12-15H2,1-2H3,(H,23,26). The van der Waals surface area contributed by atoms with Gasteiger partial charge in [-0.2, -0.15) is 0 Å². The molecular formula is C21H25ClN2O3. The maximum atomic E-state index is 12.1. The molecule has 6 heteroatoms. The summed E-state index contributed by atoms with van der Waals surface area (Å²) in [6.45, 7) is 4.88. The van der Waals surface area contributed by atoms with Crippen LogP contribution in [0, 0.1) is 0 Å². The van der Waals surface area contributed by atoms with E-state index < -0.39 is 0 Å². The predicted octanol–water partition coefficient (Wildman–Crippen LogP) is 3.84. The van der Waals surface area contributed by atoms with E-state index in [1.54, 1.807) is 4.90 Å². The van der Waals surface area contributed by atoms with Crippen molar-refractivity contribution in [3.63, 3.8) is 0 Å². The van der Waals surface area contributed by atoms with Gasteiger partial charge in [0.1, 0.15) is 5.75 Å². The minimum absolute atomic E-state index is 0.0823. The highest BCUT2D eigenvalue weighted by atomic mass is 35.5. The second kappa shape index (κ2) is 10.6. The molecule has 2 amide bonds. The van der Waals surface area contributed by atoms with E-state index in [0.29, 0.717) is 24.7 Å². The molecule has 0 radical (unpaired) electrons. The molecule has 2 aromatic rings. The summed E-state index contributed by atoms with van der Waals surface area (Å²) in [6, 6.07) is 14.8. The van der Waals surface area contributed by atoms with E-state index in [1.165, 1.54) is 6.92 Å². The molecule has 144 valence electrons. The zero-order valence-electron chi connectivity index (χ0n) is 15.7. The van der Waals surface area contributed by atoms with Gasteiger partial charge in [0.15, 0.2) is 0 Å². The summed E-state index contributed by atoms with van der Waals surface area (Å²) >= 11 is 5.86. The van der Waals surface area contributed by atoms with Crippen LogP contribution < -0.4 is 15.0 Å². The molecule has 0 unspecified atom stereocenters. The van der Waals surface area contributed by atoms with Gasteiger partial charge in [0, 0.05) is 37.1 Å². The Labute approximate surface area is 165 Å². The molecule has 0 fully saturated rings. The second-order valence-corrected chi connectivity index (χ2v) is 6.51. The number of hydrogen-bond acceptors (Lipinski definition) is 3. The highest BCUT2D eigenvalue weighted by Crippen LogP contribution is 2.20. The molecule has 2 rings (SSSR count). The molecule has 1 N–H and O–H groups in total. The fraction of sp³-hybridized carbons (Fsp3) is 0.333. The summed E-state index contributed by atoms with van der Waals surface area (Å²) in [5, 5.41) is 3.58. The molecule has 2 aromatic carbocycles. The molecule has 0 aliphatic rings. The number of nitrogens with zero attached hydrogens (tertiary/aromatic N) is 1. The highest BCUT2D eigenvalue weighted by Gasteiger charge is 2.13. The predicted molar refractivity (Wildman–Crippen MR) is 108 cm³/mol. The first-order chi connectivity index (χ1) is 13.0. The Morgan fingerprint density at radius 2 is 1.74 bits per heavy atom. The lowest BCUT2D eigenvalue weighted by Crippen LogP contribution is -2.34. The lowest BCUT2D eigenvalue weighted by molar-refractivity contribution is -0.121. The van der Waals surface area contributed by atoms with Crippen LogP contribution in [0.5, 0.6) is 5.75 Å². The van der Waals surface area contributed by atoms with E-state index in [9.17, 15) is 9.59 Å². The van der Waals surface area contributed by atoms with Crippen molar-refractivity contribution in [2.24, 2.45) is 0 Å². The average molecular weight is 389 g/mol. The van der Waals surface area contributed by atoms with E-state index in [4.69, 9.17) is 16.3 Å². The lowest BCUT2D eigenvalue weighted by atomic mass is 10.1. The maximum absolute atomic E-state index is 12.1. The van der Waals surface area contributed by atoms with Crippen molar-refractivity contribution in [3.05, 3.63) is 59.1 Å². The lowest BCUT2D eigenvalue weighted by Gasteiger charge is -2.21. The molecule has 0 atom stereocenters. The van der Waals surface area contributed by atoms with Crippen LogP contribution in [0.4, 0.5) is 5.69 Å². The molecule has 0 heterocycles. The van der Waals surface area contributed by atoms with Gasteiger partial charge in [-0.3, -0.25) is 9.59 Å². The number of carbonyl (C=O) groups excluding carboxylic acids is 2. The van der Waals surface area contributed by atoms with Gasteiger partial charge in [-0.1, -0.05) is 23.7 Å². The minimum atomic E-state index is -0.104. The Hall–Kier alpha value is -2.53. The summed E-state index contributed by atoms with van der Waals surface area (Å²) < 4.78 is 5.41. The van der Waals surface area contributed by atoms with Crippen LogP contribution in [0.25, 0.3) is 0 Å². The average Bonchev–Trinajstić information content (AvgIpc) is 2.65. The van der Waals surface area contributed by atoms with Crippen LogP contribution in [-0.4, -0.2) is 31.5 Å². The van der Waals surface area contributed by atoms with Crippen LogP contribution in [0.15, 0.2) is 48.5 Å². The van der Waals surface area contributed by atoms with Gasteiger partial charge in [-0.15, -0.1) is 0 Å². The van der Waals surface area contributed by atoms with Crippen molar-refractivity contribution in [2.45, 2.75) is 26.7 Å². The topological polar surface area (TPSA) is 58.6 Å². The van der Waals surface area contributed by atoms with Gasteiger partial charge in [0.05, 0.1) is 6.61 Å². The van der Waals surface area contributed by atoms with Crippen LogP contribution in [0.1, 0.15) is 25.8 Å². The Kier molecular flexibility index (Phi) is 8.14. The molecule has 0 aliphatic carbocycles. The molecular weight excluding hydrogens is 364 g/mol. The molecule has 0 saturated carbocycles. The third-order valence-electron chi connectivity index (χ3n) is 4.05. The fourth-order valence-corrected chi connectivity index (χ4v) is 2.78. The first kappa shape index (κ1) is 20.8. The number of anilines is 1. The van der Waals surface area contributed by atoms with Gasteiger partial charge in [0.25, 0.3) is 0 Å². The fourth-order valence-electron chi connectivity index (χ4n) is 2.66. The van der Waals surface area contributed by atoms with Crippen molar-refractivity contribution in [3.8, 4) is 5.75 Å². The number of hydrogen-bond donors (Lipinski definition) is 1. The van der Waals surface area contributed by atoms with Gasteiger partial charge in [0.2, 0.25) is 11.8 Å². The third-order valence-corrected chi connectivity index (χ3v) is 4.30. The minimum Gasteiger partial charge on any atom is -0.494 e. The summed E-state index contributed by atoms with van der Waals surface area (Å²) in [4.78, 5) is 25.6. The molecule has 27 heavy (non-hydrogen) atoms. The van der Waals surface area contributed by atoms with E-state index in [2.05, 4.69) is 5.32 Å². The first-order valence-corrected chi connectivity index (χ1v) is 9.39. The largest absolute Gasteiger partial charge is 0.494 e. The monoisotopic (exact) mass is 388 g/mol. The zero-order chi connectivity index (χ0) is 19.6. The van der Waals surface area contributed by atoms with E-state index >= 15 is 0 Å². The Bertz CT molecular complexity index is 745. The Morgan fingerprint density at radius 1 is 1.07 bits per heavy atom. The number of carbonyl (C=O) groups is 2. The normalized spacial score (nSPS) is 10.3. The second-order valence-electron chi connectivity index (χ2n) is 6.07. The van der Waals surface area contributed by atoms with Gasteiger partial charge in [-0.25, -0.2) is 0 Å². The number of amides is 2. The zero-order valence-corrected chi connectivity index (χ0v) is 16.5. The number of nitrogens with one attached hydrogen (secondary N) is 1. The Morgan fingerprint density at radius 3 is 2.33 bits per heavy atom. The number of benzene rings is 2. The molecule has 0 spiro atoms. The third kappa shape index (κ3) is 6.94. The van der Waals surface area contributed by atoms with E-state index in [-0.39, 0.29) is 18.2 Å². The van der Waals surface area contributed by atoms with E-state index in [1.807, 2.05) is 55.5 Å². The van der Waals surface area contributed by atoms with Crippen molar-refractivity contribution in [2.75, 3.05) is 24.6 Å². The highest BCUT2D eigenvalue weighted by molar-refractivity contribution is 6.30. The van der Waals surface area contributed by atoms with Crippen LogP contribution >= 0.6 is 11.6 Å². The Balaban J connectivity index is 1.81. The van der Waals surface area contributed by atoms with E-state index in [0.717, 1.165) is 23.4 Å². The van der Waals surface area contributed by atoms with Crippen molar-refractivity contribution < 1.29 is 14.3 Å². The van der Waals surface area contributed by atoms with Crippen molar-refractivity contribution >= 4 is 29.1 Å². The van der Waals surface area contributed by atoms with Crippen molar-refractivity contribution in [1.29, 1.82) is 0 Å². The molecule has 0 saturated heterocycles. The molecule has 0 aliphatic heterocycles. The smallest absolute Gasteiger partial charge is 0.223 e. The molecule has 0 bridgehead atoms. The van der Waals surface area contributed by atoms with Gasteiger partial charge < -0.3 is 15.0 Å². The maximum Gasteiger partial charge on any atom is 0.223 e. The van der Waals surface area contributed by atoms with Gasteiger partial charge in [-0.05, 0) is 55.3 Å². The summed E-state index contributed by atoms with van der Waals surface area (Å²) in [5.74, 6) is 0.568. The van der Waals surface area contributed by atoms with Crippen LogP contribution in [0.3, 0.4) is 0 Å². The number of ether oxygens (including phenoxy) is 1. The SMILES string of the molecule is CCOc1ccc(N(CCC(=O)NCCc2ccc(Cl)cc2)C(C)=O)cc1. The van der Waals surface area contributed by atoms with Crippen LogP contribution in [-0.2, 0) is 16.0 Å². The summed E-state index contributed by atoms with van der Waals surface area (Å²) in [5.41, 5.74) is 1.86. The van der Waals surface area contributed by atoms with Crippen molar-refractivity contribution in [1.82, 2.24) is 5.32 Å².